The summed E-state index contributed by atoms with van der Waals surface area (Å²) < 4.78 is 5.24. The number of carbonyl (C=O) groups excluding carboxylic acids is 1. The molecule has 2 heterocycles. The van der Waals surface area contributed by atoms with Crippen LogP contribution in [-0.2, 0) is 4.79 Å². The number of hydrogen-bond donors (Lipinski definition) is 1. The molecule has 1 aromatic carbocycles. The van der Waals surface area contributed by atoms with Gasteiger partial charge in [-0.25, -0.2) is 4.98 Å². The molecule has 1 atom stereocenters. The van der Waals surface area contributed by atoms with E-state index in [9.17, 15) is 10.1 Å². The highest BCUT2D eigenvalue weighted by molar-refractivity contribution is 5.78. The van der Waals surface area contributed by atoms with Crippen molar-refractivity contribution in [3.05, 3.63) is 53.7 Å². The van der Waals surface area contributed by atoms with E-state index in [1.54, 1.807) is 25.4 Å². The van der Waals surface area contributed by atoms with Crippen LogP contribution >= 0.6 is 0 Å². The zero-order valence-corrected chi connectivity index (χ0v) is 17.3. The molecule has 0 radical (unpaired) electrons. The molecular weight excluding hydrogens is 378 g/mol. The lowest BCUT2D eigenvalue weighted by Crippen LogP contribution is -2.50. The van der Waals surface area contributed by atoms with Crippen molar-refractivity contribution in [1.29, 1.82) is 5.26 Å². The highest BCUT2D eigenvalue weighted by atomic mass is 16.5. The predicted molar refractivity (Wildman–Crippen MR) is 114 cm³/mol. The number of nitrogens with one attached hydrogen (secondary N) is 1. The number of benzene rings is 1. The molecule has 1 saturated carbocycles. The topological polar surface area (TPSA) is 81.5 Å². The van der Waals surface area contributed by atoms with Gasteiger partial charge in [-0.15, -0.1) is 0 Å². The number of amides is 1. The molecule has 4 rings (SSSR count). The second kappa shape index (κ2) is 9.14. The minimum atomic E-state index is 0.0618. The minimum absolute atomic E-state index is 0.0618. The van der Waals surface area contributed by atoms with Crippen molar-refractivity contribution in [1.82, 2.24) is 15.2 Å². The lowest BCUT2D eigenvalue weighted by atomic mass is 10.0. The summed E-state index contributed by atoms with van der Waals surface area (Å²) in [5.74, 6) is 2.14. The highest BCUT2D eigenvalue weighted by Gasteiger charge is 2.34. The zero-order chi connectivity index (χ0) is 20.9. The van der Waals surface area contributed by atoms with E-state index in [0.717, 1.165) is 56.2 Å². The molecule has 1 saturated heterocycles. The molecule has 1 aliphatic heterocycles. The van der Waals surface area contributed by atoms with Gasteiger partial charge in [-0.05, 0) is 48.6 Å². The fraction of sp³-hybridized carbons (Fsp3) is 0.435. The average molecular weight is 406 g/mol. The Hall–Kier alpha value is -3.11. The number of aromatic nitrogens is 1. The summed E-state index contributed by atoms with van der Waals surface area (Å²) in [6, 6.07) is 13.8. The van der Waals surface area contributed by atoms with Crippen molar-refractivity contribution in [3.63, 3.8) is 0 Å². The van der Waals surface area contributed by atoms with Crippen LogP contribution in [0.1, 0.15) is 30.0 Å². The van der Waals surface area contributed by atoms with Gasteiger partial charge in [0.1, 0.15) is 17.6 Å². The van der Waals surface area contributed by atoms with Gasteiger partial charge in [-0.3, -0.25) is 9.69 Å². The molecule has 7 heteroatoms. The van der Waals surface area contributed by atoms with Crippen LogP contribution in [0.4, 0.5) is 5.82 Å². The standard InChI is InChI=1S/C23H27N5O2/c1-30-20-8-6-18(7-9-20)22(17-4-5-17)26-21(29)16-27-11-13-28(14-12-27)23-19(15-24)3-2-10-25-23/h2-3,6-10,17,22H,4-5,11-14,16H2,1H3,(H,26,29). The number of piperazine rings is 1. The Morgan fingerprint density at radius 1 is 1.23 bits per heavy atom. The van der Waals surface area contributed by atoms with Crippen molar-refractivity contribution < 1.29 is 9.53 Å². The van der Waals surface area contributed by atoms with E-state index in [2.05, 4.69) is 26.2 Å². The van der Waals surface area contributed by atoms with Crippen LogP contribution in [0.25, 0.3) is 0 Å². The second-order valence-electron chi connectivity index (χ2n) is 7.91. The first-order chi connectivity index (χ1) is 14.7. The van der Waals surface area contributed by atoms with Crippen molar-refractivity contribution in [3.8, 4) is 11.8 Å². The number of anilines is 1. The van der Waals surface area contributed by atoms with Crippen molar-refractivity contribution in [2.75, 3.05) is 44.7 Å². The normalized spacial score (nSPS) is 17.8. The summed E-state index contributed by atoms with van der Waals surface area (Å²) >= 11 is 0. The van der Waals surface area contributed by atoms with Crippen molar-refractivity contribution in [2.24, 2.45) is 5.92 Å². The number of ether oxygens (including phenoxy) is 1. The highest BCUT2D eigenvalue weighted by Crippen LogP contribution is 2.41. The van der Waals surface area contributed by atoms with Gasteiger partial charge in [0.05, 0.1) is 25.3 Å². The summed E-state index contributed by atoms with van der Waals surface area (Å²) in [6.07, 6.45) is 4.02. The third kappa shape index (κ3) is 4.71. The lowest BCUT2D eigenvalue weighted by Gasteiger charge is -2.35. The molecule has 1 aromatic heterocycles. The molecule has 2 fully saturated rings. The molecule has 1 aliphatic carbocycles. The zero-order valence-electron chi connectivity index (χ0n) is 17.3. The van der Waals surface area contributed by atoms with E-state index in [-0.39, 0.29) is 11.9 Å². The first-order valence-corrected chi connectivity index (χ1v) is 10.4. The third-order valence-corrected chi connectivity index (χ3v) is 5.83. The number of pyridine rings is 1. The number of carbonyl (C=O) groups is 1. The first kappa shape index (κ1) is 20.2. The Labute approximate surface area is 177 Å². The van der Waals surface area contributed by atoms with Gasteiger partial charge in [0, 0.05) is 32.4 Å². The summed E-state index contributed by atoms with van der Waals surface area (Å²) in [4.78, 5) is 21.4. The molecule has 7 nitrogen and oxygen atoms in total. The molecule has 2 aromatic rings. The third-order valence-electron chi connectivity index (χ3n) is 5.83. The number of methoxy groups -OCH3 is 1. The molecule has 1 amide bonds. The fourth-order valence-corrected chi connectivity index (χ4v) is 3.99. The van der Waals surface area contributed by atoms with Crippen molar-refractivity contribution >= 4 is 11.7 Å². The molecule has 30 heavy (non-hydrogen) atoms. The summed E-state index contributed by atoms with van der Waals surface area (Å²) in [6.45, 7) is 3.44. The molecule has 0 bridgehead atoms. The monoisotopic (exact) mass is 405 g/mol. The first-order valence-electron chi connectivity index (χ1n) is 10.4. The predicted octanol–water partition coefficient (Wildman–Crippen LogP) is 2.35. The number of hydrogen-bond acceptors (Lipinski definition) is 6. The van der Waals surface area contributed by atoms with Gasteiger partial charge in [0.15, 0.2) is 0 Å². The molecule has 2 aliphatic rings. The number of rotatable bonds is 7. The van der Waals surface area contributed by atoms with Gasteiger partial charge < -0.3 is 15.0 Å². The van der Waals surface area contributed by atoms with E-state index in [1.165, 1.54) is 0 Å². The average Bonchev–Trinajstić information content (AvgIpc) is 3.63. The van der Waals surface area contributed by atoms with Crippen LogP contribution < -0.4 is 15.0 Å². The number of nitrogens with zero attached hydrogens (tertiary/aromatic N) is 4. The van der Waals surface area contributed by atoms with Crippen LogP contribution in [0.2, 0.25) is 0 Å². The Bertz CT molecular complexity index is 912. The van der Waals surface area contributed by atoms with E-state index >= 15 is 0 Å². The van der Waals surface area contributed by atoms with Crippen LogP contribution in [0, 0.1) is 17.2 Å². The van der Waals surface area contributed by atoms with E-state index < -0.39 is 0 Å². The smallest absolute Gasteiger partial charge is 0.234 e. The summed E-state index contributed by atoms with van der Waals surface area (Å²) in [5, 5.41) is 12.5. The maximum atomic E-state index is 12.8. The molecule has 156 valence electrons. The van der Waals surface area contributed by atoms with Crippen molar-refractivity contribution in [2.45, 2.75) is 18.9 Å². The SMILES string of the molecule is COc1ccc(C(NC(=O)CN2CCN(c3ncccc3C#N)CC2)C2CC2)cc1. The molecule has 1 N–H and O–H groups in total. The largest absolute Gasteiger partial charge is 0.497 e. The maximum Gasteiger partial charge on any atom is 0.234 e. The Morgan fingerprint density at radius 3 is 2.60 bits per heavy atom. The van der Waals surface area contributed by atoms with Gasteiger partial charge in [-0.2, -0.15) is 5.26 Å². The fourth-order valence-electron chi connectivity index (χ4n) is 3.99. The Balaban J connectivity index is 1.31. The lowest BCUT2D eigenvalue weighted by molar-refractivity contribution is -0.123. The van der Waals surface area contributed by atoms with Gasteiger partial charge in [-0.1, -0.05) is 12.1 Å². The van der Waals surface area contributed by atoms with Crippen LogP contribution in [0.3, 0.4) is 0 Å². The van der Waals surface area contributed by atoms with Crippen LogP contribution in [-0.4, -0.2) is 55.6 Å². The Morgan fingerprint density at radius 2 is 1.97 bits per heavy atom. The summed E-state index contributed by atoms with van der Waals surface area (Å²) in [5.41, 5.74) is 1.73. The van der Waals surface area contributed by atoms with E-state index in [4.69, 9.17) is 4.74 Å². The minimum Gasteiger partial charge on any atom is -0.497 e. The molecular formula is C23H27N5O2. The van der Waals surface area contributed by atoms with Gasteiger partial charge in [0.2, 0.25) is 5.91 Å². The van der Waals surface area contributed by atoms with E-state index in [1.807, 2.05) is 24.3 Å². The van der Waals surface area contributed by atoms with E-state index in [0.29, 0.717) is 18.0 Å². The number of nitriles is 1. The Kier molecular flexibility index (Phi) is 6.15. The van der Waals surface area contributed by atoms with Gasteiger partial charge in [0.25, 0.3) is 0 Å². The second-order valence-corrected chi connectivity index (χ2v) is 7.91. The van der Waals surface area contributed by atoms with Crippen LogP contribution in [0.5, 0.6) is 5.75 Å². The maximum absolute atomic E-state index is 12.8. The molecule has 1 unspecified atom stereocenters. The quantitative estimate of drug-likeness (QED) is 0.762. The summed E-state index contributed by atoms with van der Waals surface area (Å²) in [7, 11) is 1.66. The van der Waals surface area contributed by atoms with Gasteiger partial charge >= 0.3 is 0 Å². The van der Waals surface area contributed by atoms with Crippen LogP contribution in [0.15, 0.2) is 42.6 Å². The molecule has 0 spiro atoms.